The van der Waals surface area contributed by atoms with Crippen molar-refractivity contribution < 1.29 is 4.79 Å². The number of amides is 2. The quantitative estimate of drug-likeness (QED) is 0.531. The molecule has 160 valence electrons. The van der Waals surface area contributed by atoms with Gasteiger partial charge in [0, 0.05) is 34.8 Å². The number of benzene rings is 2. The lowest BCUT2D eigenvalue weighted by Crippen LogP contribution is -2.40. The highest BCUT2D eigenvalue weighted by Gasteiger charge is 2.27. The van der Waals surface area contributed by atoms with Crippen LogP contribution >= 0.6 is 11.6 Å². The number of hydrogen-bond donors (Lipinski definition) is 2. The first-order valence-corrected chi connectivity index (χ1v) is 10.9. The molecule has 1 aromatic heterocycles. The Kier molecular flexibility index (Phi) is 6.14. The number of carbonyl (C=O) groups is 1. The molecule has 5 nitrogen and oxygen atoms in total. The minimum absolute atomic E-state index is 0.00302. The van der Waals surface area contributed by atoms with Crippen molar-refractivity contribution in [3.8, 4) is 5.69 Å². The van der Waals surface area contributed by atoms with Gasteiger partial charge in [0.05, 0.1) is 11.4 Å². The summed E-state index contributed by atoms with van der Waals surface area (Å²) in [6.45, 7) is 6.63. The van der Waals surface area contributed by atoms with Crippen LogP contribution in [0.2, 0.25) is 5.02 Å². The lowest BCUT2D eigenvalue weighted by atomic mass is 9.96. The van der Waals surface area contributed by atoms with E-state index in [4.69, 9.17) is 16.7 Å². The SMILES string of the molecule is Cc1ccc(-n2nc(C)c(C3C=CC(NC(=O)NCc4ccccc4)C3)c2C)cc1Cl. The van der Waals surface area contributed by atoms with Gasteiger partial charge in [-0.15, -0.1) is 0 Å². The van der Waals surface area contributed by atoms with E-state index in [-0.39, 0.29) is 18.0 Å². The minimum Gasteiger partial charge on any atom is -0.334 e. The van der Waals surface area contributed by atoms with E-state index in [9.17, 15) is 4.79 Å². The number of rotatable bonds is 5. The molecule has 2 atom stereocenters. The van der Waals surface area contributed by atoms with Gasteiger partial charge in [-0.25, -0.2) is 9.48 Å². The monoisotopic (exact) mass is 434 g/mol. The molecule has 0 saturated carbocycles. The van der Waals surface area contributed by atoms with Gasteiger partial charge < -0.3 is 10.6 Å². The maximum Gasteiger partial charge on any atom is 0.315 e. The second-order valence-corrected chi connectivity index (χ2v) is 8.48. The Morgan fingerprint density at radius 3 is 2.65 bits per heavy atom. The Hall–Kier alpha value is -3.05. The predicted octanol–water partition coefficient (Wildman–Crippen LogP) is 5.36. The summed E-state index contributed by atoms with van der Waals surface area (Å²) in [6, 6.07) is 15.7. The Balaban J connectivity index is 1.41. The molecule has 0 bridgehead atoms. The second kappa shape index (κ2) is 8.98. The van der Waals surface area contributed by atoms with E-state index in [0.717, 1.165) is 39.6 Å². The van der Waals surface area contributed by atoms with Crippen molar-refractivity contribution in [1.82, 2.24) is 20.4 Å². The fourth-order valence-corrected chi connectivity index (χ4v) is 4.35. The molecule has 1 aliphatic carbocycles. The number of allylic oxidation sites excluding steroid dienone is 1. The fourth-order valence-electron chi connectivity index (χ4n) is 4.17. The topological polar surface area (TPSA) is 59.0 Å². The average molecular weight is 435 g/mol. The summed E-state index contributed by atoms with van der Waals surface area (Å²) < 4.78 is 1.96. The fraction of sp³-hybridized carbons (Fsp3) is 0.280. The van der Waals surface area contributed by atoms with Crippen molar-refractivity contribution in [3.63, 3.8) is 0 Å². The van der Waals surface area contributed by atoms with Gasteiger partial charge in [0.25, 0.3) is 0 Å². The summed E-state index contributed by atoms with van der Waals surface area (Å²) in [5.41, 5.74) is 6.39. The van der Waals surface area contributed by atoms with Gasteiger partial charge in [-0.2, -0.15) is 5.10 Å². The zero-order chi connectivity index (χ0) is 22.0. The molecule has 0 saturated heterocycles. The van der Waals surface area contributed by atoms with Crippen LogP contribution in [0.3, 0.4) is 0 Å². The lowest BCUT2D eigenvalue weighted by molar-refractivity contribution is 0.238. The number of aromatic nitrogens is 2. The first kappa shape index (κ1) is 21.2. The molecule has 2 aromatic carbocycles. The zero-order valence-electron chi connectivity index (χ0n) is 18.0. The van der Waals surface area contributed by atoms with E-state index < -0.39 is 0 Å². The van der Waals surface area contributed by atoms with E-state index >= 15 is 0 Å². The van der Waals surface area contributed by atoms with Crippen molar-refractivity contribution >= 4 is 17.6 Å². The smallest absolute Gasteiger partial charge is 0.315 e. The van der Waals surface area contributed by atoms with Crippen molar-refractivity contribution in [1.29, 1.82) is 0 Å². The van der Waals surface area contributed by atoms with Gasteiger partial charge in [-0.1, -0.05) is 60.2 Å². The molecule has 2 unspecified atom stereocenters. The van der Waals surface area contributed by atoms with E-state index in [1.165, 1.54) is 5.56 Å². The number of aryl methyl sites for hydroxylation is 2. The van der Waals surface area contributed by atoms with Crippen LogP contribution in [0.1, 0.15) is 40.4 Å². The van der Waals surface area contributed by atoms with Crippen molar-refractivity contribution in [3.05, 3.63) is 93.8 Å². The molecule has 1 heterocycles. The van der Waals surface area contributed by atoms with E-state index in [2.05, 4.69) is 29.7 Å². The molecule has 0 fully saturated rings. The highest BCUT2D eigenvalue weighted by atomic mass is 35.5. The van der Waals surface area contributed by atoms with Crippen LogP contribution in [0.5, 0.6) is 0 Å². The van der Waals surface area contributed by atoms with Crippen LogP contribution in [-0.4, -0.2) is 21.9 Å². The van der Waals surface area contributed by atoms with Crippen LogP contribution < -0.4 is 10.6 Å². The summed E-state index contributed by atoms with van der Waals surface area (Å²) in [5, 5.41) is 11.5. The summed E-state index contributed by atoms with van der Waals surface area (Å²) in [5.74, 6) is 0.217. The third kappa shape index (κ3) is 4.67. The average Bonchev–Trinajstić information content (AvgIpc) is 3.32. The molecule has 31 heavy (non-hydrogen) atoms. The maximum absolute atomic E-state index is 12.3. The van der Waals surface area contributed by atoms with Gasteiger partial charge in [0.15, 0.2) is 0 Å². The van der Waals surface area contributed by atoms with Crippen molar-refractivity contribution in [2.24, 2.45) is 0 Å². The predicted molar refractivity (Wildman–Crippen MR) is 125 cm³/mol. The summed E-state index contributed by atoms with van der Waals surface area (Å²) in [4.78, 5) is 12.3. The molecular formula is C25H27ClN4O. The van der Waals surface area contributed by atoms with E-state index in [1.807, 2.05) is 67.1 Å². The number of halogens is 1. The highest BCUT2D eigenvalue weighted by Crippen LogP contribution is 2.34. The van der Waals surface area contributed by atoms with Gasteiger partial charge in [-0.05, 0) is 50.5 Å². The van der Waals surface area contributed by atoms with E-state index in [1.54, 1.807) is 0 Å². The van der Waals surface area contributed by atoms with Gasteiger partial charge in [0.1, 0.15) is 0 Å². The molecule has 3 aromatic rings. The molecule has 0 aliphatic heterocycles. The number of urea groups is 1. The Morgan fingerprint density at radius 2 is 1.90 bits per heavy atom. The highest BCUT2D eigenvalue weighted by molar-refractivity contribution is 6.31. The van der Waals surface area contributed by atoms with Gasteiger partial charge >= 0.3 is 6.03 Å². The standard InChI is InChI=1S/C25H27ClN4O/c1-16-9-12-22(14-23(16)26)30-18(3)24(17(2)29-30)20-10-11-21(13-20)28-25(31)27-15-19-7-5-4-6-8-19/h4-12,14,20-21H,13,15H2,1-3H3,(H2,27,28,31). The van der Waals surface area contributed by atoms with E-state index in [0.29, 0.717) is 6.54 Å². The van der Waals surface area contributed by atoms with Crippen LogP contribution in [0, 0.1) is 20.8 Å². The summed E-state index contributed by atoms with van der Waals surface area (Å²) in [6.07, 6.45) is 5.07. The molecular weight excluding hydrogens is 408 g/mol. The first-order valence-electron chi connectivity index (χ1n) is 10.5. The molecule has 1 aliphatic rings. The first-order chi connectivity index (χ1) is 14.9. The normalized spacial score (nSPS) is 17.7. The Morgan fingerprint density at radius 1 is 1.13 bits per heavy atom. The molecule has 0 radical (unpaired) electrons. The number of hydrogen-bond acceptors (Lipinski definition) is 2. The van der Waals surface area contributed by atoms with Gasteiger partial charge in [-0.3, -0.25) is 0 Å². The minimum atomic E-state index is -0.155. The number of nitrogens with one attached hydrogen (secondary N) is 2. The van der Waals surface area contributed by atoms with Crippen molar-refractivity contribution in [2.75, 3.05) is 0 Å². The van der Waals surface area contributed by atoms with Crippen LogP contribution in [-0.2, 0) is 6.54 Å². The molecule has 0 spiro atoms. The van der Waals surface area contributed by atoms with Crippen LogP contribution in [0.15, 0.2) is 60.7 Å². The Bertz CT molecular complexity index is 1120. The molecule has 2 amide bonds. The molecule has 6 heteroatoms. The van der Waals surface area contributed by atoms with Crippen LogP contribution in [0.25, 0.3) is 5.69 Å². The Labute approximate surface area is 188 Å². The van der Waals surface area contributed by atoms with Crippen molar-refractivity contribution in [2.45, 2.75) is 45.7 Å². The third-order valence-corrected chi connectivity index (χ3v) is 6.22. The second-order valence-electron chi connectivity index (χ2n) is 8.08. The number of carbonyl (C=O) groups excluding carboxylic acids is 1. The molecule has 2 N–H and O–H groups in total. The third-order valence-electron chi connectivity index (χ3n) is 5.81. The largest absolute Gasteiger partial charge is 0.334 e. The number of nitrogens with zero attached hydrogens (tertiary/aromatic N) is 2. The zero-order valence-corrected chi connectivity index (χ0v) is 18.8. The summed E-state index contributed by atoms with van der Waals surface area (Å²) in [7, 11) is 0. The van der Waals surface area contributed by atoms with Gasteiger partial charge in [0.2, 0.25) is 0 Å². The summed E-state index contributed by atoms with van der Waals surface area (Å²) >= 11 is 6.32. The lowest BCUT2D eigenvalue weighted by Gasteiger charge is -2.15. The van der Waals surface area contributed by atoms with Crippen LogP contribution in [0.4, 0.5) is 4.79 Å². The molecule has 4 rings (SSSR count). The maximum atomic E-state index is 12.3.